The molecule has 104 valence electrons. The van der Waals surface area contributed by atoms with Crippen LogP contribution in [0.1, 0.15) is 16.3 Å². The minimum Gasteiger partial charge on any atom is -0.477 e. The van der Waals surface area contributed by atoms with Gasteiger partial charge in [0.2, 0.25) is 5.91 Å². The molecule has 2 aromatic heterocycles. The van der Waals surface area contributed by atoms with Gasteiger partial charge in [0.1, 0.15) is 18.1 Å². The van der Waals surface area contributed by atoms with Gasteiger partial charge in [0.05, 0.1) is 6.54 Å². The van der Waals surface area contributed by atoms with Crippen LogP contribution in [0.4, 0.5) is 0 Å². The van der Waals surface area contributed by atoms with Gasteiger partial charge in [0.25, 0.3) is 0 Å². The number of carbonyl (C=O) groups excluding carboxylic acids is 1. The van der Waals surface area contributed by atoms with Crippen molar-refractivity contribution in [1.29, 1.82) is 0 Å². The number of carboxylic acids is 1. The molecular formula is C13H14N4O3. The van der Waals surface area contributed by atoms with Gasteiger partial charge in [0.15, 0.2) is 0 Å². The van der Waals surface area contributed by atoms with Crippen LogP contribution in [0.2, 0.25) is 0 Å². The molecule has 1 N–H and O–H groups in total. The first-order chi connectivity index (χ1) is 9.65. The smallest absolute Gasteiger partial charge is 0.352 e. The zero-order valence-electron chi connectivity index (χ0n) is 10.8. The van der Waals surface area contributed by atoms with Crippen molar-refractivity contribution >= 4 is 11.9 Å². The van der Waals surface area contributed by atoms with Gasteiger partial charge in [-0.15, -0.1) is 0 Å². The van der Waals surface area contributed by atoms with E-state index in [2.05, 4.69) is 4.98 Å². The van der Waals surface area contributed by atoms with Crippen molar-refractivity contribution in [2.45, 2.75) is 19.6 Å². The zero-order valence-corrected chi connectivity index (χ0v) is 10.8. The number of imidazole rings is 1. The second kappa shape index (κ2) is 4.84. The molecule has 0 radical (unpaired) electrons. The summed E-state index contributed by atoms with van der Waals surface area (Å²) in [6.45, 7) is 1.84. The Bertz CT molecular complexity index is 658. The first kappa shape index (κ1) is 12.5. The number of hydrogen-bond acceptors (Lipinski definition) is 3. The van der Waals surface area contributed by atoms with E-state index in [0.717, 1.165) is 12.4 Å². The van der Waals surface area contributed by atoms with Crippen LogP contribution in [0.5, 0.6) is 0 Å². The average molecular weight is 274 g/mol. The van der Waals surface area contributed by atoms with Crippen molar-refractivity contribution in [3.05, 3.63) is 42.2 Å². The molecule has 7 heteroatoms. The van der Waals surface area contributed by atoms with Gasteiger partial charge in [-0.2, -0.15) is 0 Å². The van der Waals surface area contributed by atoms with Crippen LogP contribution < -0.4 is 0 Å². The summed E-state index contributed by atoms with van der Waals surface area (Å²) in [5.74, 6) is -0.273. The number of aromatic nitrogens is 3. The van der Waals surface area contributed by atoms with Gasteiger partial charge in [0, 0.05) is 31.7 Å². The number of fused-ring (bicyclic) bond motifs is 1. The van der Waals surface area contributed by atoms with Crippen molar-refractivity contribution in [2.75, 3.05) is 6.54 Å². The van der Waals surface area contributed by atoms with Gasteiger partial charge in [-0.05, 0) is 12.1 Å². The van der Waals surface area contributed by atoms with E-state index in [-0.39, 0.29) is 18.1 Å². The molecule has 3 rings (SSSR count). The number of rotatable bonds is 3. The Labute approximate surface area is 115 Å². The summed E-state index contributed by atoms with van der Waals surface area (Å²) < 4.78 is 3.47. The molecular weight excluding hydrogens is 260 g/mol. The van der Waals surface area contributed by atoms with E-state index in [1.165, 1.54) is 10.6 Å². The van der Waals surface area contributed by atoms with E-state index in [0.29, 0.717) is 13.1 Å². The fourth-order valence-corrected chi connectivity index (χ4v) is 2.38. The molecule has 0 saturated heterocycles. The van der Waals surface area contributed by atoms with Gasteiger partial charge in [-0.3, -0.25) is 4.79 Å². The monoisotopic (exact) mass is 274 g/mol. The fourth-order valence-electron chi connectivity index (χ4n) is 2.38. The second-order valence-corrected chi connectivity index (χ2v) is 4.68. The maximum Gasteiger partial charge on any atom is 0.352 e. The highest BCUT2D eigenvalue weighted by Gasteiger charge is 2.22. The van der Waals surface area contributed by atoms with Crippen LogP contribution in [0.15, 0.2) is 30.7 Å². The number of carbonyl (C=O) groups is 2. The molecule has 20 heavy (non-hydrogen) atoms. The Morgan fingerprint density at radius 2 is 2.15 bits per heavy atom. The number of carboxylic acid groups (broad SMARTS) is 1. The maximum absolute atomic E-state index is 12.2. The summed E-state index contributed by atoms with van der Waals surface area (Å²) >= 11 is 0. The van der Waals surface area contributed by atoms with E-state index in [1.807, 2.05) is 10.8 Å². The molecule has 0 aromatic carbocycles. The van der Waals surface area contributed by atoms with Crippen molar-refractivity contribution in [3.8, 4) is 0 Å². The molecule has 0 fully saturated rings. The summed E-state index contributed by atoms with van der Waals surface area (Å²) in [5.41, 5.74) is 0.122. The van der Waals surface area contributed by atoms with Crippen LogP contribution >= 0.6 is 0 Å². The van der Waals surface area contributed by atoms with Crippen LogP contribution in [0.25, 0.3) is 0 Å². The first-order valence-corrected chi connectivity index (χ1v) is 6.31. The van der Waals surface area contributed by atoms with E-state index in [9.17, 15) is 9.59 Å². The Kier molecular flexibility index (Phi) is 3.02. The van der Waals surface area contributed by atoms with E-state index in [1.54, 1.807) is 23.4 Å². The second-order valence-electron chi connectivity index (χ2n) is 4.68. The van der Waals surface area contributed by atoms with Crippen molar-refractivity contribution in [2.24, 2.45) is 0 Å². The number of nitrogens with zero attached hydrogens (tertiary/aromatic N) is 4. The molecule has 1 aliphatic rings. The molecule has 2 aromatic rings. The van der Waals surface area contributed by atoms with Gasteiger partial charge in [-0.25, -0.2) is 9.78 Å². The number of aromatic carboxylic acids is 1. The Morgan fingerprint density at radius 1 is 1.30 bits per heavy atom. The highest BCUT2D eigenvalue weighted by molar-refractivity contribution is 5.86. The molecule has 0 unspecified atom stereocenters. The van der Waals surface area contributed by atoms with Crippen LogP contribution in [-0.4, -0.2) is 42.5 Å². The fraction of sp³-hybridized carbons (Fsp3) is 0.308. The summed E-state index contributed by atoms with van der Waals surface area (Å²) in [6.07, 6.45) is 5.22. The van der Waals surface area contributed by atoms with Gasteiger partial charge in [-0.1, -0.05) is 0 Å². The molecule has 0 saturated carbocycles. The molecule has 0 spiro atoms. The van der Waals surface area contributed by atoms with Crippen LogP contribution in [-0.2, 0) is 24.4 Å². The maximum atomic E-state index is 12.2. The highest BCUT2D eigenvalue weighted by Crippen LogP contribution is 2.11. The summed E-state index contributed by atoms with van der Waals surface area (Å²) in [4.78, 5) is 29.2. The Hall–Kier alpha value is -2.57. The van der Waals surface area contributed by atoms with Crippen molar-refractivity contribution in [1.82, 2.24) is 19.0 Å². The third kappa shape index (κ3) is 2.18. The third-order valence-corrected chi connectivity index (χ3v) is 3.45. The lowest BCUT2D eigenvalue weighted by molar-refractivity contribution is -0.133. The van der Waals surface area contributed by atoms with E-state index >= 15 is 0 Å². The minimum absolute atomic E-state index is 0.0370. The van der Waals surface area contributed by atoms with Crippen molar-refractivity contribution < 1.29 is 14.7 Å². The lowest BCUT2D eigenvalue weighted by Gasteiger charge is -2.28. The Morgan fingerprint density at radius 3 is 2.95 bits per heavy atom. The molecule has 0 aliphatic carbocycles. The van der Waals surface area contributed by atoms with E-state index in [4.69, 9.17) is 5.11 Å². The predicted molar refractivity (Wildman–Crippen MR) is 69.0 cm³/mol. The van der Waals surface area contributed by atoms with Crippen molar-refractivity contribution in [3.63, 3.8) is 0 Å². The quantitative estimate of drug-likeness (QED) is 0.880. The third-order valence-electron chi connectivity index (χ3n) is 3.45. The first-order valence-electron chi connectivity index (χ1n) is 6.31. The lowest BCUT2D eigenvalue weighted by atomic mass is 10.3. The lowest BCUT2D eigenvalue weighted by Crippen LogP contribution is -2.40. The normalized spacial score (nSPS) is 14.1. The topological polar surface area (TPSA) is 80.4 Å². The number of amides is 1. The standard InChI is InChI=1S/C13H14N4O3/c18-12(9-16-4-1-2-10(16)13(19)20)17-7-6-15-5-3-14-11(15)8-17/h1-5H,6-9H2,(H,19,20). The zero-order chi connectivity index (χ0) is 14.1. The number of hydrogen-bond donors (Lipinski definition) is 1. The van der Waals surface area contributed by atoms with Crippen LogP contribution in [0.3, 0.4) is 0 Å². The highest BCUT2D eigenvalue weighted by atomic mass is 16.4. The molecule has 0 bridgehead atoms. The molecule has 0 atom stereocenters. The average Bonchev–Trinajstić information content (AvgIpc) is 3.05. The SMILES string of the molecule is O=C(O)c1cccn1CC(=O)N1CCn2ccnc2C1. The molecule has 7 nitrogen and oxygen atoms in total. The summed E-state index contributed by atoms with van der Waals surface area (Å²) in [5, 5.41) is 9.02. The predicted octanol–water partition coefficient (Wildman–Crippen LogP) is 0.425. The van der Waals surface area contributed by atoms with E-state index < -0.39 is 5.97 Å². The largest absolute Gasteiger partial charge is 0.477 e. The minimum atomic E-state index is -1.03. The molecule has 3 heterocycles. The van der Waals surface area contributed by atoms with Gasteiger partial charge >= 0.3 is 5.97 Å². The molecule has 1 aliphatic heterocycles. The summed E-state index contributed by atoms with van der Waals surface area (Å²) in [6, 6.07) is 3.11. The molecule has 1 amide bonds. The van der Waals surface area contributed by atoms with Gasteiger partial charge < -0.3 is 19.1 Å². The Balaban J connectivity index is 1.71. The van der Waals surface area contributed by atoms with Crippen LogP contribution in [0, 0.1) is 0 Å². The summed E-state index contributed by atoms with van der Waals surface area (Å²) in [7, 11) is 0.